The first-order valence-corrected chi connectivity index (χ1v) is 14.6. The maximum Gasteiger partial charge on any atom is 0.433 e. The number of imidazole rings is 1. The first-order chi connectivity index (χ1) is 19.1. The van der Waals surface area contributed by atoms with Crippen molar-refractivity contribution in [1.82, 2.24) is 19.5 Å². The lowest BCUT2D eigenvalue weighted by molar-refractivity contribution is -0.141. The Balaban J connectivity index is 1.77. The van der Waals surface area contributed by atoms with Crippen molar-refractivity contribution in [2.45, 2.75) is 38.8 Å². The average molecular weight is 601 g/mol. The van der Waals surface area contributed by atoms with Crippen LogP contribution in [0.2, 0.25) is 5.15 Å². The molecule has 0 unspecified atom stereocenters. The Bertz CT molecular complexity index is 1930. The van der Waals surface area contributed by atoms with Crippen molar-refractivity contribution >= 4 is 21.4 Å². The van der Waals surface area contributed by atoms with Gasteiger partial charge in [-0.05, 0) is 67.8 Å². The van der Waals surface area contributed by atoms with Crippen LogP contribution in [0.5, 0.6) is 0 Å². The number of rotatable bonds is 5. The number of aromatic nitrogens is 4. The van der Waals surface area contributed by atoms with Gasteiger partial charge in [-0.3, -0.25) is 0 Å². The average Bonchev–Trinajstić information content (AvgIpc) is 3.43. The van der Waals surface area contributed by atoms with Crippen molar-refractivity contribution < 1.29 is 26.0 Å². The minimum Gasteiger partial charge on any atom is -0.440 e. The van der Waals surface area contributed by atoms with Gasteiger partial charge in [-0.2, -0.15) is 13.2 Å². The van der Waals surface area contributed by atoms with E-state index in [1.165, 1.54) is 6.07 Å². The van der Waals surface area contributed by atoms with Crippen molar-refractivity contribution in [1.29, 1.82) is 0 Å². The Morgan fingerprint density at radius 1 is 0.878 bits per heavy atom. The topological polar surface area (TPSA) is 90.9 Å². The Kier molecular flexibility index (Phi) is 7.07. The van der Waals surface area contributed by atoms with E-state index in [1.807, 2.05) is 48.9 Å². The second-order valence-electron chi connectivity index (χ2n) is 9.73. The van der Waals surface area contributed by atoms with Crippen LogP contribution in [-0.2, 0) is 16.0 Å². The van der Waals surface area contributed by atoms with Crippen LogP contribution in [-0.4, -0.2) is 34.2 Å². The number of halogens is 4. The van der Waals surface area contributed by atoms with Gasteiger partial charge in [0.15, 0.2) is 21.5 Å². The standard InChI is InChI=1S/C29H24ClF3N4O3S/c1-15-6-7-20(13-24(15)41(5,38)39)19-8-10-23(37-14-16(2)34-17(37)3)22(12-19)26-27(40-18(4)35-26)21-9-11-25(29(31,32)33)36-28(21)30/h6-14H,1-5H3. The molecule has 7 nitrogen and oxygen atoms in total. The molecule has 0 bridgehead atoms. The highest BCUT2D eigenvalue weighted by Crippen LogP contribution is 2.41. The maximum absolute atomic E-state index is 13.3. The Labute approximate surface area is 239 Å². The fourth-order valence-electron chi connectivity index (χ4n) is 4.71. The molecule has 0 spiro atoms. The van der Waals surface area contributed by atoms with Gasteiger partial charge in [0.05, 0.1) is 21.8 Å². The number of pyridine rings is 1. The van der Waals surface area contributed by atoms with Crippen LogP contribution in [0.1, 0.15) is 28.7 Å². The molecule has 12 heteroatoms. The molecule has 0 saturated carbocycles. The highest BCUT2D eigenvalue weighted by Gasteiger charge is 2.33. The van der Waals surface area contributed by atoms with E-state index in [-0.39, 0.29) is 27.3 Å². The Morgan fingerprint density at radius 3 is 2.17 bits per heavy atom. The summed E-state index contributed by atoms with van der Waals surface area (Å²) >= 11 is 6.26. The molecule has 0 saturated heterocycles. The molecular formula is C29H24ClF3N4O3S. The molecule has 3 aromatic heterocycles. The van der Waals surface area contributed by atoms with Crippen LogP contribution in [0.25, 0.3) is 39.4 Å². The summed E-state index contributed by atoms with van der Waals surface area (Å²) < 4.78 is 72.3. The maximum atomic E-state index is 13.3. The fourth-order valence-corrected chi connectivity index (χ4v) is 5.94. The summed E-state index contributed by atoms with van der Waals surface area (Å²) in [7, 11) is -3.48. The first kappa shape index (κ1) is 28.6. The number of sulfone groups is 1. The van der Waals surface area contributed by atoms with Crippen molar-refractivity contribution in [3.05, 3.63) is 88.5 Å². The Morgan fingerprint density at radius 2 is 1.56 bits per heavy atom. The van der Waals surface area contributed by atoms with Gasteiger partial charge in [0.25, 0.3) is 0 Å². The summed E-state index contributed by atoms with van der Waals surface area (Å²) in [6, 6.07) is 12.7. The number of benzene rings is 2. The minimum absolute atomic E-state index is 0.139. The summed E-state index contributed by atoms with van der Waals surface area (Å²) in [5, 5.41) is -0.388. The summed E-state index contributed by atoms with van der Waals surface area (Å²) in [5.74, 6) is 1.10. The number of hydrogen-bond acceptors (Lipinski definition) is 6. The van der Waals surface area contributed by atoms with Gasteiger partial charge < -0.3 is 8.98 Å². The first-order valence-electron chi connectivity index (χ1n) is 12.3. The molecule has 0 amide bonds. The van der Waals surface area contributed by atoms with E-state index in [1.54, 1.807) is 26.0 Å². The molecule has 212 valence electrons. The van der Waals surface area contributed by atoms with E-state index in [2.05, 4.69) is 15.0 Å². The number of nitrogens with zero attached hydrogens (tertiary/aromatic N) is 4. The largest absolute Gasteiger partial charge is 0.440 e. The molecule has 0 N–H and O–H groups in total. The lowest BCUT2D eigenvalue weighted by Crippen LogP contribution is -2.08. The van der Waals surface area contributed by atoms with Crippen LogP contribution >= 0.6 is 11.6 Å². The quantitative estimate of drug-likeness (QED) is 0.193. The van der Waals surface area contributed by atoms with Gasteiger partial charge in [0, 0.05) is 24.9 Å². The van der Waals surface area contributed by atoms with Crippen molar-refractivity contribution in [3.8, 4) is 39.4 Å². The summed E-state index contributed by atoms with van der Waals surface area (Å²) in [5.41, 5.74) is 3.31. The van der Waals surface area contributed by atoms with Gasteiger partial charge in [-0.1, -0.05) is 29.8 Å². The lowest BCUT2D eigenvalue weighted by Gasteiger charge is -2.15. The molecule has 0 aliphatic rings. The minimum atomic E-state index is -4.67. The number of alkyl halides is 3. The third-order valence-corrected chi connectivity index (χ3v) is 8.08. The Hall–Kier alpha value is -3.96. The summed E-state index contributed by atoms with van der Waals surface area (Å²) in [6.45, 7) is 7.04. The van der Waals surface area contributed by atoms with Crippen LogP contribution < -0.4 is 0 Å². The molecule has 0 aliphatic carbocycles. The van der Waals surface area contributed by atoms with Crippen LogP contribution in [0.3, 0.4) is 0 Å². The third kappa shape index (κ3) is 5.51. The summed E-state index contributed by atoms with van der Waals surface area (Å²) in [6.07, 6.45) is -1.66. The zero-order chi connectivity index (χ0) is 29.9. The van der Waals surface area contributed by atoms with Gasteiger partial charge in [0.1, 0.15) is 22.4 Å². The van der Waals surface area contributed by atoms with E-state index in [0.717, 1.165) is 18.0 Å². The van der Waals surface area contributed by atoms with E-state index < -0.39 is 21.7 Å². The highest BCUT2D eigenvalue weighted by atomic mass is 35.5. The van der Waals surface area contributed by atoms with Gasteiger partial charge in [-0.25, -0.2) is 23.4 Å². The molecule has 0 atom stereocenters. The van der Waals surface area contributed by atoms with Crippen molar-refractivity contribution in [2.24, 2.45) is 0 Å². The number of aryl methyl sites for hydroxylation is 4. The van der Waals surface area contributed by atoms with Crippen molar-refractivity contribution in [3.63, 3.8) is 0 Å². The van der Waals surface area contributed by atoms with Crippen molar-refractivity contribution in [2.75, 3.05) is 6.26 Å². The van der Waals surface area contributed by atoms with E-state index in [4.69, 9.17) is 16.0 Å². The second kappa shape index (κ2) is 10.1. The molecule has 3 heterocycles. The molecule has 2 aromatic carbocycles. The zero-order valence-corrected chi connectivity index (χ0v) is 24.2. The summed E-state index contributed by atoms with van der Waals surface area (Å²) in [4.78, 5) is 12.9. The zero-order valence-electron chi connectivity index (χ0n) is 22.6. The highest BCUT2D eigenvalue weighted by molar-refractivity contribution is 7.90. The molecule has 0 radical (unpaired) electrons. The van der Waals surface area contributed by atoms with Gasteiger partial charge in [0.2, 0.25) is 0 Å². The van der Waals surface area contributed by atoms with Crippen LogP contribution in [0.15, 0.2) is 64.0 Å². The van der Waals surface area contributed by atoms with Gasteiger partial charge in [-0.15, -0.1) is 0 Å². The van der Waals surface area contributed by atoms with E-state index >= 15 is 0 Å². The number of hydrogen-bond donors (Lipinski definition) is 0. The third-order valence-electron chi connectivity index (χ3n) is 6.55. The normalized spacial score (nSPS) is 12.2. The molecule has 0 fully saturated rings. The monoisotopic (exact) mass is 600 g/mol. The molecule has 0 aliphatic heterocycles. The smallest absolute Gasteiger partial charge is 0.433 e. The molecule has 5 rings (SSSR count). The van der Waals surface area contributed by atoms with Crippen LogP contribution in [0, 0.1) is 27.7 Å². The predicted octanol–water partition coefficient (Wildman–Crippen LogP) is 7.57. The van der Waals surface area contributed by atoms with E-state index in [9.17, 15) is 21.6 Å². The molecule has 5 aromatic rings. The predicted molar refractivity (Wildman–Crippen MR) is 150 cm³/mol. The molecular weight excluding hydrogens is 577 g/mol. The van der Waals surface area contributed by atoms with Crippen LogP contribution in [0.4, 0.5) is 13.2 Å². The fraction of sp³-hybridized carbons (Fsp3) is 0.207. The lowest BCUT2D eigenvalue weighted by atomic mass is 9.97. The number of oxazole rings is 1. The SMILES string of the molecule is Cc1cn(-c2ccc(-c3ccc(C)c(S(C)(=O)=O)c3)cc2-c2nc(C)oc2-c2ccc(C(F)(F)F)nc2Cl)c(C)n1. The molecule has 41 heavy (non-hydrogen) atoms. The van der Waals surface area contributed by atoms with Gasteiger partial charge >= 0.3 is 6.18 Å². The van der Waals surface area contributed by atoms with E-state index in [0.29, 0.717) is 39.5 Å². The second-order valence-corrected chi connectivity index (χ2v) is 12.1.